The van der Waals surface area contributed by atoms with Crippen LogP contribution in [0.15, 0.2) is 47.3 Å². The summed E-state index contributed by atoms with van der Waals surface area (Å²) in [5.41, 5.74) is 1.75. The third-order valence-corrected chi connectivity index (χ3v) is 5.58. The van der Waals surface area contributed by atoms with E-state index in [1.165, 1.54) is 6.07 Å². The van der Waals surface area contributed by atoms with Crippen LogP contribution in [0.4, 0.5) is 5.69 Å². The Morgan fingerprint density at radius 1 is 0.946 bits per heavy atom. The van der Waals surface area contributed by atoms with E-state index in [1.54, 1.807) is 41.9 Å². The van der Waals surface area contributed by atoms with Crippen molar-refractivity contribution in [1.29, 1.82) is 0 Å². The summed E-state index contributed by atoms with van der Waals surface area (Å²) in [5, 5.41) is 16.9. The fourth-order valence-electron chi connectivity index (χ4n) is 3.41. The zero-order valence-electron chi connectivity index (χ0n) is 22.0. The maximum absolute atomic E-state index is 12.6. The van der Waals surface area contributed by atoms with E-state index in [9.17, 15) is 19.2 Å². The van der Waals surface area contributed by atoms with Crippen molar-refractivity contribution >= 4 is 23.4 Å². The van der Waals surface area contributed by atoms with Crippen LogP contribution in [0.3, 0.4) is 0 Å². The van der Waals surface area contributed by atoms with Gasteiger partial charge in [-0.3, -0.25) is 19.2 Å². The molecule has 0 radical (unpaired) electrons. The molecular weight excluding hydrogens is 474 g/mol. The third-order valence-electron chi connectivity index (χ3n) is 5.58. The molecule has 0 fully saturated rings. The molecule has 1 unspecified atom stereocenters. The number of nitrogens with one attached hydrogen (secondary N) is 3. The average molecular weight is 508 g/mol. The second-order valence-corrected chi connectivity index (χ2v) is 9.82. The Morgan fingerprint density at radius 3 is 2.19 bits per heavy atom. The first-order valence-electron chi connectivity index (χ1n) is 12.0. The van der Waals surface area contributed by atoms with Crippen LogP contribution >= 0.6 is 0 Å². The molecule has 0 aliphatic carbocycles. The first kappa shape index (κ1) is 27.3. The molecule has 1 atom stereocenters. The summed E-state index contributed by atoms with van der Waals surface area (Å²) in [6.07, 6.45) is 0. The largest absolute Gasteiger partial charge is 0.352 e. The van der Waals surface area contributed by atoms with Gasteiger partial charge in [-0.15, -0.1) is 5.10 Å². The highest BCUT2D eigenvalue weighted by atomic mass is 16.2. The van der Waals surface area contributed by atoms with E-state index >= 15 is 0 Å². The van der Waals surface area contributed by atoms with Crippen molar-refractivity contribution in [3.63, 3.8) is 0 Å². The van der Waals surface area contributed by atoms with E-state index in [1.807, 2.05) is 40.7 Å². The van der Waals surface area contributed by atoms with Crippen molar-refractivity contribution in [2.75, 3.05) is 18.4 Å². The van der Waals surface area contributed by atoms with Crippen LogP contribution in [0.5, 0.6) is 0 Å². The maximum Gasteiger partial charge on any atom is 0.267 e. The summed E-state index contributed by atoms with van der Waals surface area (Å²) in [6.45, 7) is 11.1. The SMILES string of the molecule is Cc1cc(C)n(-c2ccc(=O)n(C(C)C(=O)NCCNC(=O)c3ccc(NC(=O)C(C)(C)C)cc3)n2)n1. The quantitative estimate of drug-likeness (QED) is 0.399. The van der Waals surface area contributed by atoms with E-state index in [0.717, 1.165) is 16.1 Å². The zero-order chi connectivity index (χ0) is 27.3. The molecule has 11 heteroatoms. The van der Waals surface area contributed by atoms with Gasteiger partial charge in [-0.05, 0) is 57.2 Å². The molecule has 0 aliphatic heterocycles. The summed E-state index contributed by atoms with van der Waals surface area (Å²) in [4.78, 5) is 49.5. The van der Waals surface area contributed by atoms with Crippen LogP contribution in [0, 0.1) is 19.3 Å². The Kier molecular flexibility index (Phi) is 8.26. The number of benzene rings is 1. The van der Waals surface area contributed by atoms with Crippen molar-refractivity contribution in [3.05, 3.63) is 69.8 Å². The number of hydrogen-bond donors (Lipinski definition) is 3. The second kappa shape index (κ2) is 11.2. The molecule has 0 saturated carbocycles. The van der Waals surface area contributed by atoms with Crippen molar-refractivity contribution in [2.24, 2.45) is 5.41 Å². The topological polar surface area (TPSA) is 140 Å². The predicted molar refractivity (Wildman–Crippen MR) is 140 cm³/mol. The summed E-state index contributed by atoms with van der Waals surface area (Å²) in [7, 11) is 0. The van der Waals surface area contributed by atoms with E-state index in [4.69, 9.17) is 0 Å². The van der Waals surface area contributed by atoms with Crippen molar-refractivity contribution in [2.45, 2.75) is 47.6 Å². The van der Waals surface area contributed by atoms with Gasteiger partial charge in [-0.2, -0.15) is 5.10 Å². The molecule has 3 N–H and O–H groups in total. The normalized spacial score (nSPS) is 12.1. The zero-order valence-corrected chi connectivity index (χ0v) is 22.0. The van der Waals surface area contributed by atoms with E-state index in [2.05, 4.69) is 26.1 Å². The van der Waals surface area contributed by atoms with Crippen LogP contribution in [-0.4, -0.2) is 50.4 Å². The van der Waals surface area contributed by atoms with Gasteiger partial charge < -0.3 is 16.0 Å². The fourth-order valence-corrected chi connectivity index (χ4v) is 3.41. The minimum Gasteiger partial charge on any atom is -0.352 e. The molecule has 37 heavy (non-hydrogen) atoms. The van der Waals surface area contributed by atoms with Crippen LogP contribution in [0.2, 0.25) is 0 Å². The van der Waals surface area contributed by atoms with E-state index < -0.39 is 22.9 Å². The van der Waals surface area contributed by atoms with Gasteiger partial charge in [-0.25, -0.2) is 9.36 Å². The van der Waals surface area contributed by atoms with Gasteiger partial charge in [0, 0.05) is 41.5 Å². The number of hydrogen-bond acceptors (Lipinski definition) is 6. The molecule has 0 aliphatic rings. The maximum atomic E-state index is 12.6. The van der Waals surface area contributed by atoms with E-state index in [-0.39, 0.29) is 24.9 Å². The number of anilines is 1. The van der Waals surface area contributed by atoms with Gasteiger partial charge in [0.1, 0.15) is 6.04 Å². The van der Waals surface area contributed by atoms with Gasteiger partial charge in [-0.1, -0.05) is 20.8 Å². The Labute approximate surface area is 215 Å². The molecule has 0 bridgehead atoms. The number of carbonyl (C=O) groups is 3. The highest BCUT2D eigenvalue weighted by Crippen LogP contribution is 2.17. The summed E-state index contributed by atoms with van der Waals surface area (Å²) in [5.74, 6) is -0.411. The first-order valence-corrected chi connectivity index (χ1v) is 12.0. The molecule has 1 aromatic carbocycles. The highest BCUT2D eigenvalue weighted by molar-refractivity contribution is 5.97. The molecule has 0 saturated heterocycles. The second-order valence-electron chi connectivity index (χ2n) is 9.82. The number of rotatable bonds is 8. The van der Waals surface area contributed by atoms with Gasteiger partial charge in [0.25, 0.3) is 11.5 Å². The number of amides is 3. The van der Waals surface area contributed by atoms with Gasteiger partial charge in [0.15, 0.2) is 5.82 Å². The molecule has 196 valence electrons. The Balaban J connectivity index is 1.52. The van der Waals surface area contributed by atoms with Crippen LogP contribution in [0.25, 0.3) is 5.82 Å². The number of nitrogens with zero attached hydrogens (tertiary/aromatic N) is 4. The lowest BCUT2D eigenvalue weighted by atomic mass is 9.95. The fraction of sp³-hybridized carbons (Fsp3) is 0.385. The molecular formula is C26H33N7O4. The van der Waals surface area contributed by atoms with Crippen LogP contribution < -0.4 is 21.5 Å². The molecule has 0 spiro atoms. The lowest BCUT2D eigenvalue weighted by molar-refractivity contribution is -0.124. The van der Waals surface area contributed by atoms with E-state index in [0.29, 0.717) is 17.1 Å². The monoisotopic (exact) mass is 507 g/mol. The third kappa shape index (κ3) is 6.90. The Bertz CT molecular complexity index is 1350. The molecule has 11 nitrogen and oxygen atoms in total. The molecule has 3 aromatic rings. The highest BCUT2D eigenvalue weighted by Gasteiger charge is 2.21. The molecule has 3 amide bonds. The summed E-state index contributed by atoms with van der Waals surface area (Å²) in [6, 6.07) is 10.5. The minimum absolute atomic E-state index is 0.120. The van der Waals surface area contributed by atoms with Gasteiger partial charge in [0.05, 0.1) is 5.69 Å². The number of aryl methyl sites for hydroxylation is 2. The van der Waals surface area contributed by atoms with Gasteiger partial charge >= 0.3 is 0 Å². The van der Waals surface area contributed by atoms with Crippen molar-refractivity contribution in [1.82, 2.24) is 30.2 Å². The van der Waals surface area contributed by atoms with Crippen molar-refractivity contribution in [3.8, 4) is 5.82 Å². The van der Waals surface area contributed by atoms with Crippen molar-refractivity contribution < 1.29 is 14.4 Å². The standard InChI is InChI=1S/C26H33N7O4/c1-16-15-17(2)32(30-16)21-11-12-22(34)33(31-21)18(3)23(35)27-13-14-28-24(36)19-7-9-20(10-8-19)29-25(37)26(4,5)6/h7-12,15,18H,13-14H2,1-6H3,(H,27,35)(H,28,36)(H,29,37). The summed E-state index contributed by atoms with van der Waals surface area (Å²) < 4.78 is 2.72. The predicted octanol–water partition coefficient (Wildman–Crippen LogP) is 2.14. The average Bonchev–Trinajstić information content (AvgIpc) is 3.18. The number of carbonyl (C=O) groups excluding carboxylic acids is 3. The molecule has 2 heterocycles. The minimum atomic E-state index is -0.865. The molecule has 3 rings (SSSR count). The Morgan fingerprint density at radius 2 is 1.59 bits per heavy atom. The smallest absolute Gasteiger partial charge is 0.267 e. The van der Waals surface area contributed by atoms with Crippen LogP contribution in [0.1, 0.15) is 55.5 Å². The first-order chi connectivity index (χ1) is 17.4. The lowest BCUT2D eigenvalue weighted by Crippen LogP contribution is -2.40. The molecule has 2 aromatic heterocycles. The Hall–Kier alpha value is -4.28. The lowest BCUT2D eigenvalue weighted by Gasteiger charge is -2.17. The summed E-state index contributed by atoms with van der Waals surface area (Å²) >= 11 is 0. The number of aromatic nitrogens is 4. The van der Waals surface area contributed by atoms with Crippen LogP contribution in [-0.2, 0) is 9.59 Å². The van der Waals surface area contributed by atoms with Gasteiger partial charge in [0.2, 0.25) is 11.8 Å².